The van der Waals surface area contributed by atoms with Crippen molar-refractivity contribution in [3.8, 4) is 5.75 Å². The molecule has 10 nitrogen and oxygen atoms in total. The van der Waals surface area contributed by atoms with Crippen molar-refractivity contribution in [2.45, 2.75) is 62.6 Å². The lowest BCUT2D eigenvalue weighted by molar-refractivity contribution is -0.119. The third-order valence-corrected chi connectivity index (χ3v) is 8.71. The number of sulfonamides is 1. The van der Waals surface area contributed by atoms with E-state index in [-0.39, 0.29) is 48.9 Å². The van der Waals surface area contributed by atoms with Gasteiger partial charge in [-0.1, -0.05) is 50.6 Å². The summed E-state index contributed by atoms with van der Waals surface area (Å²) < 4.78 is 39.0. The van der Waals surface area contributed by atoms with Crippen molar-refractivity contribution in [2.75, 3.05) is 26.8 Å². The summed E-state index contributed by atoms with van der Waals surface area (Å²) in [4.78, 5) is 24.2. The number of hydrogen-bond acceptors (Lipinski definition) is 7. The van der Waals surface area contributed by atoms with Gasteiger partial charge in [0, 0.05) is 19.5 Å². The quantitative estimate of drug-likeness (QED) is 0.323. The van der Waals surface area contributed by atoms with Crippen molar-refractivity contribution in [3.63, 3.8) is 0 Å². The average molecular weight is 562 g/mol. The molecule has 1 fully saturated rings. The van der Waals surface area contributed by atoms with E-state index >= 15 is 0 Å². The van der Waals surface area contributed by atoms with Crippen LogP contribution in [0.3, 0.4) is 0 Å². The van der Waals surface area contributed by atoms with Crippen LogP contribution in [-0.2, 0) is 26.0 Å². The lowest BCUT2D eigenvalue weighted by Gasteiger charge is -2.31. The maximum absolute atomic E-state index is 13.6. The van der Waals surface area contributed by atoms with E-state index in [1.807, 2.05) is 44.2 Å². The summed E-state index contributed by atoms with van der Waals surface area (Å²) in [5.74, 6) is 0.489. The number of nitrogens with zero attached hydrogens (tertiary/aromatic N) is 1. The maximum atomic E-state index is 13.6. The van der Waals surface area contributed by atoms with Crippen molar-refractivity contribution >= 4 is 22.0 Å². The van der Waals surface area contributed by atoms with Gasteiger partial charge in [-0.3, -0.25) is 4.79 Å². The highest BCUT2D eigenvalue weighted by atomic mass is 32.2. The number of alkyl carbamates (subject to hydrolysis) is 1. The molecule has 0 aromatic heterocycles. The minimum atomic E-state index is -3.95. The van der Waals surface area contributed by atoms with Gasteiger partial charge in [0.25, 0.3) is 0 Å². The van der Waals surface area contributed by atoms with Crippen LogP contribution in [0.1, 0.15) is 38.7 Å². The van der Waals surface area contributed by atoms with Gasteiger partial charge in [0.05, 0.1) is 30.2 Å². The molecule has 3 rings (SSSR count). The summed E-state index contributed by atoms with van der Waals surface area (Å²) in [6.45, 7) is 3.91. The van der Waals surface area contributed by atoms with Crippen LogP contribution in [0.2, 0.25) is 0 Å². The molecule has 0 bridgehead atoms. The second-order valence-electron chi connectivity index (χ2n) is 9.92. The van der Waals surface area contributed by atoms with Crippen LogP contribution in [-0.4, -0.2) is 74.8 Å². The van der Waals surface area contributed by atoms with E-state index in [4.69, 9.17) is 9.47 Å². The molecule has 214 valence electrons. The van der Waals surface area contributed by atoms with Gasteiger partial charge in [-0.15, -0.1) is 0 Å². The minimum Gasteiger partial charge on any atom is -0.497 e. The Kier molecular flexibility index (Phi) is 11.1. The summed E-state index contributed by atoms with van der Waals surface area (Å²) in [5.41, 5.74) is 0.858. The normalized spacial score (nSPS) is 17.8. The Bertz CT molecular complexity index is 1180. The Morgan fingerprint density at radius 1 is 1.15 bits per heavy atom. The number of benzene rings is 2. The number of aliphatic hydroxyl groups excluding tert-OH is 1. The molecule has 2 aromatic rings. The van der Waals surface area contributed by atoms with Gasteiger partial charge in [-0.25, -0.2) is 13.2 Å². The number of aliphatic hydroxyl groups is 1. The summed E-state index contributed by atoms with van der Waals surface area (Å²) in [5, 5.41) is 16.8. The van der Waals surface area contributed by atoms with Gasteiger partial charge in [-0.2, -0.15) is 4.31 Å². The zero-order valence-corrected chi connectivity index (χ0v) is 23.5. The average Bonchev–Trinajstić information content (AvgIpc) is 3.36. The Morgan fingerprint density at radius 2 is 1.85 bits per heavy atom. The summed E-state index contributed by atoms with van der Waals surface area (Å²) in [6.07, 6.45) is -0.00345. The van der Waals surface area contributed by atoms with E-state index in [2.05, 4.69) is 10.6 Å². The molecule has 1 heterocycles. The summed E-state index contributed by atoms with van der Waals surface area (Å²) in [6, 6.07) is 14.3. The Hall–Kier alpha value is -3.15. The zero-order chi connectivity index (χ0) is 28.4. The highest BCUT2D eigenvalue weighted by Crippen LogP contribution is 2.22. The second-order valence-corrected chi connectivity index (χ2v) is 11.9. The molecule has 0 radical (unpaired) electrons. The number of carbonyl (C=O) groups is 2. The van der Waals surface area contributed by atoms with Gasteiger partial charge in [0.15, 0.2) is 0 Å². The molecule has 2 aromatic carbocycles. The van der Waals surface area contributed by atoms with Gasteiger partial charge in [0.2, 0.25) is 15.9 Å². The molecule has 0 unspecified atom stereocenters. The number of ether oxygens (including phenoxy) is 2. The summed E-state index contributed by atoms with van der Waals surface area (Å²) in [7, 11) is -2.45. The molecule has 1 aliphatic heterocycles. The number of nitrogens with one attached hydrogen (secondary N) is 2. The molecule has 0 spiro atoms. The van der Waals surface area contributed by atoms with Crippen molar-refractivity contribution in [1.82, 2.24) is 14.9 Å². The van der Waals surface area contributed by atoms with Crippen LogP contribution < -0.4 is 15.4 Å². The van der Waals surface area contributed by atoms with Gasteiger partial charge >= 0.3 is 6.09 Å². The number of rotatable bonds is 14. The molecule has 2 amide bonds. The number of amides is 2. The lowest BCUT2D eigenvalue weighted by Crippen LogP contribution is -2.51. The number of methoxy groups -OCH3 is 1. The summed E-state index contributed by atoms with van der Waals surface area (Å²) >= 11 is 0. The Labute approximate surface area is 230 Å². The number of hydrogen-bond donors (Lipinski definition) is 3. The van der Waals surface area contributed by atoms with E-state index in [0.717, 1.165) is 12.0 Å². The largest absolute Gasteiger partial charge is 0.497 e. The molecule has 1 saturated heterocycles. The zero-order valence-electron chi connectivity index (χ0n) is 22.7. The lowest BCUT2D eigenvalue weighted by atomic mass is 10.0. The van der Waals surface area contributed by atoms with E-state index in [1.165, 1.54) is 23.5 Å². The Balaban J connectivity index is 1.78. The van der Waals surface area contributed by atoms with Gasteiger partial charge < -0.3 is 25.2 Å². The van der Waals surface area contributed by atoms with Crippen molar-refractivity contribution in [1.29, 1.82) is 0 Å². The van der Waals surface area contributed by atoms with Gasteiger partial charge in [0.1, 0.15) is 12.4 Å². The van der Waals surface area contributed by atoms with Crippen molar-refractivity contribution in [3.05, 3.63) is 60.2 Å². The molecule has 11 heteroatoms. The van der Waals surface area contributed by atoms with E-state index in [9.17, 15) is 23.1 Å². The first-order valence-electron chi connectivity index (χ1n) is 13.2. The standard InChI is InChI=1S/C28H39N3O7S/c1-4-20(2)17-31(39(35,36)24-13-11-23(37-3)12-14-24)18-26(32)25(16-21-8-6-5-7-9-21)30-28(34)38-19-22-10-15-27(33)29-22/h5-9,11-14,20,22,25-26,32H,4,10,15-19H2,1-3H3,(H,29,33)(H,30,34)/t20-,22-,25-,26+/m0/s1. The van der Waals surface area contributed by atoms with E-state index in [0.29, 0.717) is 18.6 Å². The van der Waals surface area contributed by atoms with Crippen molar-refractivity contribution < 1.29 is 32.6 Å². The third-order valence-electron chi connectivity index (χ3n) is 6.87. The van der Waals surface area contributed by atoms with Crippen molar-refractivity contribution in [2.24, 2.45) is 5.92 Å². The molecule has 0 saturated carbocycles. The molecule has 39 heavy (non-hydrogen) atoms. The molecule has 3 N–H and O–H groups in total. The van der Waals surface area contributed by atoms with Crippen LogP contribution >= 0.6 is 0 Å². The van der Waals surface area contributed by atoms with Crippen LogP contribution in [0.15, 0.2) is 59.5 Å². The highest BCUT2D eigenvalue weighted by Gasteiger charge is 2.32. The first kappa shape index (κ1) is 30.4. The first-order valence-corrected chi connectivity index (χ1v) is 14.6. The Morgan fingerprint density at radius 3 is 2.44 bits per heavy atom. The monoisotopic (exact) mass is 561 g/mol. The molecular formula is C28H39N3O7S. The molecular weight excluding hydrogens is 522 g/mol. The van der Waals surface area contributed by atoms with Gasteiger partial charge in [-0.05, 0) is 48.6 Å². The predicted octanol–water partition coefficient (Wildman–Crippen LogP) is 2.71. The maximum Gasteiger partial charge on any atom is 0.407 e. The SMILES string of the molecule is CC[C@H](C)CN(C[C@@H](O)[C@H](Cc1ccccc1)NC(=O)OC[C@@H]1CCC(=O)N1)S(=O)(=O)c1ccc(OC)cc1. The fourth-order valence-corrected chi connectivity index (χ4v) is 5.88. The van der Waals surface area contributed by atoms with E-state index in [1.54, 1.807) is 12.1 Å². The molecule has 1 aliphatic rings. The second kappa shape index (κ2) is 14.3. The highest BCUT2D eigenvalue weighted by molar-refractivity contribution is 7.89. The third kappa shape index (κ3) is 8.94. The van der Waals surface area contributed by atoms with Crippen LogP contribution in [0.25, 0.3) is 0 Å². The fourth-order valence-electron chi connectivity index (χ4n) is 4.30. The van der Waals surface area contributed by atoms with Crippen LogP contribution in [0, 0.1) is 5.92 Å². The molecule has 4 atom stereocenters. The topological polar surface area (TPSA) is 134 Å². The van der Waals surface area contributed by atoms with Crippen LogP contribution in [0.5, 0.6) is 5.75 Å². The predicted molar refractivity (Wildman–Crippen MR) is 147 cm³/mol. The first-order chi connectivity index (χ1) is 18.6. The molecule has 0 aliphatic carbocycles. The smallest absolute Gasteiger partial charge is 0.407 e. The van der Waals surface area contributed by atoms with Crippen LogP contribution in [0.4, 0.5) is 4.79 Å². The number of carbonyl (C=O) groups excluding carboxylic acids is 2. The fraction of sp³-hybridized carbons (Fsp3) is 0.500. The van der Waals surface area contributed by atoms with E-state index < -0.39 is 28.3 Å². The minimum absolute atomic E-state index is 0.0116.